The Kier molecular flexibility index (Phi) is 6.37. The number of aryl methyl sites for hydroxylation is 1. The normalized spacial score (nSPS) is 12.1. The summed E-state index contributed by atoms with van der Waals surface area (Å²) in [5, 5.41) is 14.0. The molecule has 0 saturated carbocycles. The lowest BCUT2D eigenvalue weighted by Crippen LogP contribution is -2.23. The van der Waals surface area contributed by atoms with Crippen LogP contribution in [0.15, 0.2) is 54.7 Å². The quantitative estimate of drug-likeness (QED) is 0.628. The van der Waals surface area contributed by atoms with Crippen LogP contribution in [0.2, 0.25) is 5.02 Å². The van der Waals surface area contributed by atoms with Crippen LogP contribution in [-0.4, -0.2) is 21.9 Å². The molecule has 0 aliphatic heterocycles. The predicted molar refractivity (Wildman–Crippen MR) is 107 cm³/mol. The summed E-state index contributed by atoms with van der Waals surface area (Å²) in [5.74, 6) is 0. The number of hydrogen-bond acceptors (Lipinski definition) is 3. The van der Waals surface area contributed by atoms with Gasteiger partial charge in [0.15, 0.2) is 0 Å². The second-order valence-corrected chi connectivity index (χ2v) is 7.00. The van der Waals surface area contributed by atoms with E-state index in [1.54, 1.807) is 6.92 Å². The van der Waals surface area contributed by atoms with E-state index in [0.717, 1.165) is 22.0 Å². The van der Waals surface area contributed by atoms with Gasteiger partial charge in [-0.3, -0.25) is 0 Å². The standard InChI is InChI=1S/C21H23ClN2O3/c1-15(25)9-10-24-13-17(19-8-7-18(22)11-20(19)24)12-23-21(26)27-14-16-5-3-2-4-6-16/h2-8,11,13,15,25H,9-10,12,14H2,1H3,(H,23,26). The molecule has 0 saturated heterocycles. The van der Waals surface area contributed by atoms with Gasteiger partial charge in [-0.15, -0.1) is 0 Å². The summed E-state index contributed by atoms with van der Waals surface area (Å²) >= 11 is 6.14. The van der Waals surface area contributed by atoms with Crippen molar-refractivity contribution in [1.82, 2.24) is 9.88 Å². The van der Waals surface area contributed by atoms with Gasteiger partial charge in [-0.2, -0.15) is 0 Å². The van der Waals surface area contributed by atoms with Crippen molar-refractivity contribution in [2.75, 3.05) is 0 Å². The lowest BCUT2D eigenvalue weighted by Gasteiger charge is -2.07. The van der Waals surface area contributed by atoms with Crippen LogP contribution in [0.1, 0.15) is 24.5 Å². The number of benzene rings is 2. The first-order chi connectivity index (χ1) is 13.0. The number of halogens is 1. The molecule has 1 unspecified atom stereocenters. The minimum atomic E-state index is -0.460. The molecule has 0 aliphatic carbocycles. The van der Waals surface area contributed by atoms with E-state index in [9.17, 15) is 9.90 Å². The Labute approximate surface area is 163 Å². The van der Waals surface area contributed by atoms with Crippen LogP contribution >= 0.6 is 11.6 Å². The Bertz CT molecular complexity index is 906. The topological polar surface area (TPSA) is 63.5 Å². The minimum absolute atomic E-state index is 0.235. The Balaban J connectivity index is 1.66. The first-order valence-electron chi connectivity index (χ1n) is 8.93. The maximum absolute atomic E-state index is 12.0. The van der Waals surface area contributed by atoms with Gasteiger partial charge in [0.05, 0.1) is 6.10 Å². The minimum Gasteiger partial charge on any atom is -0.445 e. The number of ether oxygens (including phenoxy) is 1. The molecule has 1 atom stereocenters. The smallest absolute Gasteiger partial charge is 0.407 e. The number of nitrogens with one attached hydrogen (secondary N) is 1. The lowest BCUT2D eigenvalue weighted by molar-refractivity contribution is 0.139. The summed E-state index contributed by atoms with van der Waals surface area (Å²) in [4.78, 5) is 12.0. The number of aliphatic hydroxyl groups is 1. The number of alkyl carbamates (subject to hydrolysis) is 1. The van der Waals surface area contributed by atoms with Gasteiger partial charge in [-0.1, -0.05) is 48.0 Å². The van der Waals surface area contributed by atoms with Crippen molar-refractivity contribution in [3.8, 4) is 0 Å². The predicted octanol–water partition coefficient (Wildman–Crippen LogP) is 4.49. The molecule has 5 nitrogen and oxygen atoms in total. The first kappa shape index (κ1) is 19.3. The first-order valence-corrected chi connectivity index (χ1v) is 9.30. The molecule has 0 aliphatic rings. The summed E-state index contributed by atoms with van der Waals surface area (Å²) < 4.78 is 7.31. The molecule has 3 aromatic rings. The summed E-state index contributed by atoms with van der Waals surface area (Å²) in [6.07, 6.45) is 1.79. The van der Waals surface area contributed by atoms with Crippen LogP contribution < -0.4 is 5.32 Å². The zero-order valence-electron chi connectivity index (χ0n) is 15.2. The van der Waals surface area contributed by atoms with E-state index in [1.165, 1.54) is 0 Å². The monoisotopic (exact) mass is 386 g/mol. The second-order valence-electron chi connectivity index (χ2n) is 6.56. The van der Waals surface area contributed by atoms with Gasteiger partial charge in [-0.05, 0) is 36.6 Å². The Morgan fingerprint density at radius 2 is 2.04 bits per heavy atom. The maximum atomic E-state index is 12.0. The van der Waals surface area contributed by atoms with E-state index < -0.39 is 6.09 Å². The average molecular weight is 387 g/mol. The number of hydrogen-bond donors (Lipinski definition) is 2. The fourth-order valence-corrected chi connectivity index (χ4v) is 3.10. The molecule has 2 N–H and O–H groups in total. The zero-order chi connectivity index (χ0) is 19.2. The molecule has 1 amide bonds. The Hall–Kier alpha value is -2.50. The molecule has 6 heteroatoms. The van der Waals surface area contributed by atoms with Gasteiger partial charge in [0.2, 0.25) is 0 Å². The third-order valence-corrected chi connectivity index (χ3v) is 4.59. The fourth-order valence-electron chi connectivity index (χ4n) is 2.93. The molecule has 0 fully saturated rings. The third-order valence-electron chi connectivity index (χ3n) is 4.35. The number of rotatable bonds is 7. The number of amides is 1. The van der Waals surface area contributed by atoms with Gasteiger partial charge in [0.1, 0.15) is 6.61 Å². The van der Waals surface area contributed by atoms with Crippen LogP contribution in [0.5, 0.6) is 0 Å². The molecule has 142 valence electrons. The number of aliphatic hydroxyl groups excluding tert-OH is 1. The Morgan fingerprint density at radius 3 is 2.78 bits per heavy atom. The second kappa shape index (κ2) is 8.93. The highest BCUT2D eigenvalue weighted by Crippen LogP contribution is 2.25. The number of aromatic nitrogens is 1. The number of carbonyl (C=O) groups excluding carboxylic acids is 1. The van der Waals surface area contributed by atoms with Crippen LogP contribution in [0, 0.1) is 0 Å². The number of nitrogens with zero attached hydrogens (tertiary/aromatic N) is 1. The highest BCUT2D eigenvalue weighted by molar-refractivity contribution is 6.31. The molecule has 0 bridgehead atoms. The fraction of sp³-hybridized carbons (Fsp3) is 0.286. The van der Waals surface area contributed by atoms with E-state index in [1.807, 2.05) is 54.7 Å². The van der Waals surface area contributed by atoms with Crippen LogP contribution in [0.4, 0.5) is 4.79 Å². The maximum Gasteiger partial charge on any atom is 0.407 e. The van der Waals surface area contributed by atoms with Crippen molar-refractivity contribution in [1.29, 1.82) is 0 Å². The van der Waals surface area contributed by atoms with Crippen LogP contribution in [0.25, 0.3) is 10.9 Å². The molecule has 0 spiro atoms. The highest BCUT2D eigenvalue weighted by atomic mass is 35.5. The van der Waals surface area contributed by atoms with Gasteiger partial charge in [0, 0.05) is 35.2 Å². The molecular formula is C21H23ClN2O3. The van der Waals surface area contributed by atoms with E-state index in [2.05, 4.69) is 9.88 Å². The SMILES string of the molecule is CC(O)CCn1cc(CNC(=O)OCc2ccccc2)c2ccc(Cl)cc21. The number of carbonyl (C=O) groups is 1. The average Bonchev–Trinajstić information content (AvgIpc) is 3.00. The number of fused-ring (bicyclic) bond motifs is 1. The van der Waals surface area contributed by atoms with Gasteiger partial charge < -0.3 is 19.7 Å². The van der Waals surface area contributed by atoms with Gasteiger partial charge in [0.25, 0.3) is 0 Å². The van der Waals surface area contributed by atoms with Crippen LogP contribution in [-0.2, 0) is 24.4 Å². The molecule has 1 heterocycles. The van der Waals surface area contributed by atoms with Crippen molar-refractivity contribution >= 4 is 28.6 Å². The van der Waals surface area contributed by atoms with E-state index in [0.29, 0.717) is 24.5 Å². The summed E-state index contributed by atoms with van der Waals surface area (Å²) in [7, 11) is 0. The molecule has 1 aromatic heterocycles. The van der Waals surface area contributed by atoms with Gasteiger partial charge >= 0.3 is 6.09 Å². The van der Waals surface area contributed by atoms with E-state index in [-0.39, 0.29) is 12.7 Å². The van der Waals surface area contributed by atoms with Crippen LogP contribution in [0.3, 0.4) is 0 Å². The van der Waals surface area contributed by atoms with Crippen molar-refractivity contribution in [3.05, 3.63) is 70.9 Å². The summed E-state index contributed by atoms with van der Waals surface area (Å²) in [5.41, 5.74) is 2.90. The zero-order valence-corrected chi connectivity index (χ0v) is 15.9. The summed E-state index contributed by atoms with van der Waals surface area (Å²) in [6, 6.07) is 15.2. The van der Waals surface area contributed by atoms with Crippen molar-refractivity contribution in [3.63, 3.8) is 0 Å². The Morgan fingerprint density at radius 1 is 1.26 bits per heavy atom. The molecule has 0 radical (unpaired) electrons. The summed E-state index contributed by atoms with van der Waals surface area (Å²) in [6.45, 7) is 3.03. The largest absolute Gasteiger partial charge is 0.445 e. The van der Waals surface area contributed by atoms with E-state index in [4.69, 9.17) is 16.3 Å². The molecule has 3 rings (SSSR count). The van der Waals surface area contributed by atoms with Crippen molar-refractivity contribution < 1.29 is 14.6 Å². The van der Waals surface area contributed by atoms with E-state index >= 15 is 0 Å². The molecule has 2 aromatic carbocycles. The highest BCUT2D eigenvalue weighted by Gasteiger charge is 2.11. The third kappa shape index (κ3) is 5.25. The molecule has 27 heavy (non-hydrogen) atoms. The molecular weight excluding hydrogens is 364 g/mol. The van der Waals surface area contributed by atoms with Gasteiger partial charge in [-0.25, -0.2) is 4.79 Å². The van der Waals surface area contributed by atoms with Crippen molar-refractivity contribution in [2.24, 2.45) is 0 Å². The lowest BCUT2D eigenvalue weighted by atomic mass is 10.2. The van der Waals surface area contributed by atoms with Crippen molar-refractivity contribution in [2.45, 2.75) is 39.1 Å².